The van der Waals surface area contributed by atoms with Crippen LogP contribution in [0.4, 0.5) is 0 Å². The molecule has 1 atom stereocenters. The van der Waals surface area contributed by atoms with Crippen molar-refractivity contribution in [2.24, 2.45) is 0 Å². The van der Waals surface area contributed by atoms with Crippen molar-refractivity contribution in [1.29, 1.82) is 0 Å². The SMILES string of the molecule is O=C(O)C1COCCN1Cc1nc2ccccc2[nH]c1=O. The van der Waals surface area contributed by atoms with Crippen molar-refractivity contribution in [3.8, 4) is 0 Å². The first-order chi connectivity index (χ1) is 10.1. The van der Waals surface area contributed by atoms with E-state index in [1.807, 2.05) is 18.2 Å². The Bertz CT molecular complexity index is 727. The van der Waals surface area contributed by atoms with Gasteiger partial charge in [-0.05, 0) is 12.1 Å². The smallest absolute Gasteiger partial charge is 0.323 e. The number of hydrogen-bond donors (Lipinski definition) is 2. The van der Waals surface area contributed by atoms with Crippen LogP contribution in [0.25, 0.3) is 11.0 Å². The summed E-state index contributed by atoms with van der Waals surface area (Å²) in [6, 6.07) is 6.51. The van der Waals surface area contributed by atoms with Gasteiger partial charge in [0.15, 0.2) is 0 Å². The summed E-state index contributed by atoms with van der Waals surface area (Å²) in [5, 5.41) is 9.20. The van der Waals surface area contributed by atoms with Gasteiger partial charge in [-0.15, -0.1) is 0 Å². The molecule has 21 heavy (non-hydrogen) atoms. The average Bonchev–Trinajstić information content (AvgIpc) is 2.48. The van der Waals surface area contributed by atoms with Crippen LogP contribution in [0.2, 0.25) is 0 Å². The number of aliphatic carboxylic acids is 1. The number of aromatic nitrogens is 2. The fourth-order valence-electron chi connectivity index (χ4n) is 2.42. The molecule has 3 rings (SSSR count). The molecule has 2 N–H and O–H groups in total. The third kappa shape index (κ3) is 2.79. The number of morpholine rings is 1. The van der Waals surface area contributed by atoms with Crippen LogP contribution in [-0.2, 0) is 16.1 Å². The lowest BCUT2D eigenvalue weighted by atomic mass is 10.2. The fraction of sp³-hybridized carbons (Fsp3) is 0.357. The van der Waals surface area contributed by atoms with Gasteiger partial charge in [-0.2, -0.15) is 0 Å². The third-order valence-electron chi connectivity index (χ3n) is 3.55. The first-order valence-electron chi connectivity index (χ1n) is 6.67. The van der Waals surface area contributed by atoms with Crippen molar-refractivity contribution >= 4 is 17.0 Å². The molecule has 0 bridgehead atoms. The van der Waals surface area contributed by atoms with Gasteiger partial charge in [0, 0.05) is 13.1 Å². The molecule has 2 aromatic rings. The number of aromatic amines is 1. The predicted octanol–water partition coefficient (Wildman–Crippen LogP) is 0.208. The van der Waals surface area contributed by atoms with E-state index in [0.717, 1.165) is 0 Å². The number of carboxylic acids is 1. The molecular weight excluding hydrogens is 274 g/mol. The van der Waals surface area contributed by atoms with Gasteiger partial charge in [0.25, 0.3) is 5.56 Å². The molecule has 1 aromatic carbocycles. The van der Waals surface area contributed by atoms with Crippen LogP contribution in [0.5, 0.6) is 0 Å². The summed E-state index contributed by atoms with van der Waals surface area (Å²) < 4.78 is 5.18. The zero-order chi connectivity index (χ0) is 14.8. The molecule has 1 saturated heterocycles. The second kappa shape index (κ2) is 5.63. The van der Waals surface area contributed by atoms with E-state index in [9.17, 15) is 14.7 Å². The van der Waals surface area contributed by atoms with Gasteiger partial charge in [-0.3, -0.25) is 14.5 Å². The zero-order valence-electron chi connectivity index (χ0n) is 11.3. The summed E-state index contributed by atoms with van der Waals surface area (Å²) in [6.45, 7) is 1.24. The number of carbonyl (C=O) groups is 1. The first kappa shape index (κ1) is 13.7. The molecule has 7 nitrogen and oxygen atoms in total. The van der Waals surface area contributed by atoms with Gasteiger partial charge in [0.1, 0.15) is 11.7 Å². The summed E-state index contributed by atoms with van der Waals surface area (Å²) in [5.41, 5.74) is 1.39. The van der Waals surface area contributed by atoms with Crippen LogP contribution in [0.1, 0.15) is 5.69 Å². The Morgan fingerprint density at radius 2 is 2.29 bits per heavy atom. The first-order valence-corrected chi connectivity index (χ1v) is 6.67. The molecule has 1 aromatic heterocycles. The Balaban J connectivity index is 1.91. The van der Waals surface area contributed by atoms with E-state index in [-0.39, 0.29) is 18.7 Å². The maximum Gasteiger partial charge on any atom is 0.323 e. The maximum absolute atomic E-state index is 12.1. The van der Waals surface area contributed by atoms with E-state index < -0.39 is 12.0 Å². The van der Waals surface area contributed by atoms with Gasteiger partial charge in [0.05, 0.1) is 24.2 Å². The molecule has 0 radical (unpaired) electrons. The van der Waals surface area contributed by atoms with Crippen molar-refractivity contribution in [3.05, 3.63) is 40.3 Å². The number of rotatable bonds is 3. The molecule has 0 amide bonds. The van der Waals surface area contributed by atoms with Crippen LogP contribution >= 0.6 is 0 Å². The van der Waals surface area contributed by atoms with Gasteiger partial charge in [-0.25, -0.2) is 4.98 Å². The van der Waals surface area contributed by atoms with E-state index in [1.54, 1.807) is 11.0 Å². The molecule has 1 unspecified atom stereocenters. The molecule has 2 heterocycles. The number of fused-ring (bicyclic) bond motifs is 1. The Kier molecular flexibility index (Phi) is 3.68. The largest absolute Gasteiger partial charge is 0.480 e. The fourth-order valence-corrected chi connectivity index (χ4v) is 2.42. The molecule has 0 aliphatic carbocycles. The topological polar surface area (TPSA) is 95.5 Å². The van der Waals surface area contributed by atoms with Gasteiger partial charge < -0.3 is 14.8 Å². The van der Waals surface area contributed by atoms with Crippen molar-refractivity contribution in [3.63, 3.8) is 0 Å². The van der Waals surface area contributed by atoms with Crippen molar-refractivity contribution in [2.45, 2.75) is 12.6 Å². The number of benzene rings is 1. The minimum atomic E-state index is -0.952. The molecule has 1 aliphatic heterocycles. The summed E-state index contributed by atoms with van der Waals surface area (Å²) in [5.74, 6) is -0.952. The monoisotopic (exact) mass is 289 g/mol. The summed E-state index contributed by atoms with van der Waals surface area (Å²) in [6.07, 6.45) is 0. The van der Waals surface area contributed by atoms with Crippen LogP contribution in [0.15, 0.2) is 29.1 Å². The Hall–Kier alpha value is -2.25. The second-order valence-corrected chi connectivity index (χ2v) is 4.93. The number of carboxylic acid groups (broad SMARTS) is 1. The molecule has 0 saturated carbocycles. The summed E-state index contributed by atoms with van der Waals surface area (Å²) in [7, 11) is 0. The second-order valence-electron chi connectivity index (χ2n) is 4.93. The molecule has 0 spiro atoms. The van der Waals surface area contributed by atoms with Crippen LogP contribution < -0.4 is 5.56 Å². The normalized spacial score (nSPS) is 19.7. The highest BCUT2D eigenvalue weighted by Crippen LogP contribution is 2.12. The van der Waals surface area contributed by atoms with Gasteiger partial charge >= 0.3 is 5.97 Å². The lowest BCUT2D eigenvalue weighted by Crippen LogP contribution is -2.50. The number of nitrogens with one attached hydrogen (secondary N) is 1. The number of nitrogens with zero attached hydrogens (tertiary/aromatic N) is 2. The Morgan fingerprint density at radius 3 is 3.10 bits per heavy atom. The van der Waals surface area contributed by atoms with Crippen molar-refractivity contribution in [2.75, 3.05) is 19.8 Å². The third-order valence-corrected chi connectivity index (χ3v) is 3.55. The van der Waals surface area contributed by atoms with E-state index >= 15 is 0 Å². The average molecular weight is 289 g/mol. The van der Waals surface area contributed by atoms with Crippen LogP contribution in [0, 0.1) is 0 Å². The number of H-pyrrole nitrogens is 1. The minimum Gasteiger partial charge on any atom is -0.480 e. The van der Waals surface area contributed by atoms with Crippen LogP contribution in [0.3, 0.4) is 0 Å². The highest BCUT2D eigenvalue weighted by molar-refractivity contribution is 5.74. The molecule has 1 aliphatic rings. The lowest BCUT2D eigenvalue weighted by molar-refractivity contribution is -0.150. The number of para-hydroxylation sites is 2. The standard InChI is InChI=1S/C14H15N3O4/c18-13-11(15-9-3-1-2-4-10(9)16-13)7-17-5-6-21-8-12(17)14(19)20/h1-4,12H,5-8H2,(H,16,18)(H,19,20). The van der Waals surface area contributed by atoms with E-state index in [4.69, 9.17) is 4.74 Å². The van der Waals surface area contributed by atoms with Crippen molar-refractivity contribution < 1.29 is 14.6 Å². The number of hydrogen-bond acceptors (Lipinski definition) is 5. The predicted molar refractivity (Wildman–Crippen MR) is 75.0 cm³/mol. The minimum absolute atomic E-state index is 0.126. The zero-order valence-corrected chi connectivity index (χ0v) is 11.3. The van der Waals surface area contributed by atoms with Crippen LogP contribution in [-0.4, -0.2) is 51.7 Å². The van der Waals surface area contributed by atoms with Crippen molar-refractivity contribution in [1.82, 2.24) is 14.9 Å². The quantitative estimate of drug-likeness (QED) is 0.838. The highest BCUT2D eigenvalue weighted by Gasteiger charge is 2.30. The maximum atomic E-state index is 12.1. The summed E-state index contributed by atoms with van der Waals surface area (Å²) >= 11 is 0. The Morgan fingerprint density at radius 1 is 1.48 bits per heavy atom. The Labute approximate surface area is 120 Å². The molecule has 1 fully saturated rings. The van der Waals surface area contributed by atoms with Gasteiger partial charge in [-0.1, -0.05) is 12.1 Å². The number of ether oxygens (including phenoxy) is 1. The summed E-state index contributed by atoms with van der Waals surface area (Å²) in [4.78, 5) is 32.1. The van der Waals surface area contributed by atoms with E-state index in [1.165, 1.54) is 0 Å². The lowest BCUT2D eigenvalue weighted by Gasteiger charge is -2.32. The molecule has 110 valence electrons. The molecule has 7 heteroatoms. The van der Waals surface area contributed by atoms with E-state index in [0.29, 0.717) is 29.9 Å². The molecular formula is C14H15N3O4. The highest BCUT2D eigenvalue weighted by atomic mass is 16.5. The van der Waals surface area contributed by atoms with E-state index in [2.05, 4.69) is 9.97 Å². The van der Waals surface area contributed by atoms with Gasteiger partial charge in [0.2, 0.25) is 0 Å².